The second-order valence-corrected chi connectivity index (χ2v) is 5.51. The zero-order valence-electron chi connectivity index (χ0n) is 12.8. The average molecular weight is 295 g/mol. The molecule has 0 saturated carbocycles. The fourth-order valence-electron chi connectivity index (χ4n) is 2.96. The van der Waals surface area contributed by atoms with E-state index in [1.807, 2.05) is 0 Å². The molecule has 0 bridgehead atoms. The Balaban J connectivity index is 1.97. The van der Waals surface area contributed by atoms with Gasteiger partial charge < -0.3 is 4.57 Å². The summed E-state index contributed by atoms with van der Waals surface area (Å²) < 4.78 is 2.32. The van der Waals surface area contributed by atoms with E-state index in [1.165, 1.54) is 28.2 Å². The van der Waals surface area contributed by atoms with E-state index >= 15 is 0 Å². The van der Waals surface area contributed by atoms with Gasteiger partial charge in [0.1, 0.15) is 0 Å². The lowest BCUT2D eigenvalue weighted by molar-refractivity contribution is 1.09. The Kier molecular flexibility index (Phi) is 3.53. The summed E-state index contributed by atoms with van der Waals surface area (Å²) in [7, 11) is 0. The molecule has 0 aliphatic carbocycles. The molecule has 1 nitrogen and oxygen atoms in total. The lowest BCUT2D eigenvalue weighted by Crippen LogP contribution is -1.98. The molecule has 4 rings (SSSR count). The molecule has 0 N–H and O–H groups in total. The molecule has 0 aliphatic heterocycles. The van der Waals surface area contributed by atoms with Crippen LogP contribution in [0.4, 0.5) is 0 Å². The van der Waals surface area contributed by atoms with E-state index in [0.29, 0.717) is 0 Å². The van der Waals surface area contributed by atoms with Crippen LogP contribution < -0.4 is 0 Å². The van der Waals surface area contributed by atoms with Gasteiger partial charge in [0.05, 0.1) is 11.4 Å². The molecule has 0 saturated heterocycles. The minimum atomic E-state index is 1.18. The van der Waals surface area contributed by atoms with Gasteiger partial charge in [-0.25, -0.2) is 0 Å². The largest absolute Gasteiger partial charge is 0.309 e. The van der Waals surface area contributed by atoms with Crippen molar-refractivity contribution in [3.63, 3.8) is 0 Å². The number of benzene rings is 3. The second-order valence-electron chi connectivity index (χ2n) is 5.51. The maximum atomic E-state index is 2.32. The van der Waals surface area contributed by atoms with Crippen molar-refractivity contribution in [3.8, 4) is 28.2 Å². The Labute approximate surface area is 136 Å². The summed E-state index contributed by atoms with van der Waals surface area (Å²) in [5.74, 6) is 0. The van der Waals surface area contributed by atoms with E-state index in [4.69, 9.17) is 0 Å². The van der Waals surface area contributed by atoms with E-state index in [0.717, 1.165) is 0 Å². The summed E-state index contributed by atoms with van der Waals surface area (Å²) in [6.07, 6.45) is 0. The van der Waals surface area contributed by atoms with Gasteiger partial charge in [0.2, 0.25) is 0 Å². The van der Waals surface area contributed by atoms with Crippen molar-refractivity contribution in [2.75, 3.05) is 0 Å². The second kappa shape index (κ2) is 5.98. The summed E-state index contributed by atoms with van der Waals surface area (Å²) >= 11 is 0. The van der Waals surface area contributed by atoms with Crippen LogP contribution in [-0.4, -0.2) is 4.57 Å². The van der Waals surface area contributed by atoms with Crippen LogP contribution in [0.3, 0.4) is 0 Å². The zero-order chi connectivity index (χ0) is 15.5. The highest BCUT2D eigenvalue weighted by molar-refractivity contribution is 5.73. The molecule has 1 aromatic heterocycles. The number of para-hydroxylation sites is 1. The molecule has 0 aliphatic rings. The van der Waals surface area contributed by atoms with Gasteiger partial charge in [-0.05, 0) is 35.4 Å². The maximum Gasteiger partial charge on any atom is 0.0535 e. The third kappa shape index (κ3) is 2.58. The van der Waals surface area contributed by atoms with Gasteiger partial charge in [-0.3, -0.25) is 0 Å². The van der Waals surface area contributed by atoms with Gasteiger partial charge in [0, 0.05) is 5.69 Å². The molecule has 0 amide bonds. The quantitative estimate of drug-likeness (QED) is 0.449. The van der Waals surface area contributed by atoms with Gasteiger partial charge in [-0.15, -0.1) is 0 Å². The van der Waals surface area contributed by atoms with Crippen molar-refractivity contribution >= 4 is 0 Å². The number of nitrogens with zero attached hydrogens (tertiary/aromatic N) is 1. The smallest absolute Gasteiger partial charge is 0.0535 e. The van der Waals surface area contributed by atoms with Crippen LogP contribution >= 0.6 is 0 Å². The lowest BCUT2D eigenvalue weighted by Gasteiger charge is -2.14. The van der Waals surface area contributed by atoms with Gasteiger partial charge in [0.15, 0.2) is 0 Å². The first kappa shape index (κ1) is 13.6. The molecule has 4 aromatic rings. The van der Waals surface area contributed by atoms with Crippen LogP contribution in [0.2, 0.25) is 0 Å². The maximum absolute atomic E-state index is 2.32. The first-order valence-corrected chi connectivity index (χ1v) is 7.81. The Morgan fingerprint density at radius 3 is 1.22 bits per heavy atom. The normalized spacial score (nSPS) is 10.6. The van der Waals surface area contributed by atoms with E-state index in [1.54, 1.807) is 0 Å². The van der Waals surface area contributed by atoms with Crippen LogP contribution in [0.15, 0.2) is 103 Å². The highest BCUT2D eigenvalue weighted by Gasteiger charge is 2.12. The van der Waals surface area contributed by atoms with E-state index in [-0.39, 0.29) is 0 Å². The zero-order valence-corrected chi connectivity index (χ0v) is 12.8. The Hall–Kier alpha value is -3.06. The summed E-state index contributed by atoms with van der Waals surface area (Å²) in [6.45, 7) is 0. The first-order chi connectivity index (χ1) is 11.4. The Morgan fingerprint density at radius 1 is 0.391 bits per heavy atom. The summed E-state index contributed by atoms with van der Waals surface area (Å²) in [6, 6.07) is 36.0. The minimum absolute atomic E-state index is 1.18. The van der Waals surface area contributed by atoms with Crippen molar-refractivity contribution in [2.24, 2.45) is 0 Å². The van der Waals surface area contributed by atoms with E-state index in [9.17, 15) is 0 Å². The highest BCUT2D eigenvalue weighted by Crippen LogP contribution is 2.32. The summed E-state index contributed by atoms with van der Waals surface area (Å²) in [5, 5.41) is 0. The molecule has 23 heavy (non-hydrogen) atoms. The van der Waals surface area contributed by atoms with Crippen molar-refractivity contribution in [1.29, 1.82) is 0 Å². The number of rotatable bonds is 3. The molecule has 0 radical (unpaired) electrons. The topological polar surface area (TPSA) is 4.93 Å². The first-order valence-electron chi connectivity index (χ1n) is 7.81. The van der Waals surface area contributed by atoms with Gasteiger partial charge in [-0.2, -0.15) is 0 Å². The van der Waals surface area contributed by atoms with Crippen molar-refractivity contribution in [1.82, 2.24) is 4.57 Å². The van der Waals surface area contributed by atoms with Crippen LogP contribution in [0.25, 0.3) is 28.2 Å². The van der Waals surface area contributed by atoms with E-state index in [2.05, 4.69) is 108 Å². The van der Waals surface area contributed by atoms with Crippen LogP contribution in [0.5, 0.6) is 0 Å². The van der Waals surface area contributed by atoms with Crippen molar-refractivity contribution in [2.45, 2.75) is 0 Å². The predicted molar refractivity (Wildman–Crippen MR) is 96.6 cm³/mol. The molecular formula is C22H17N. The minimum Gasteiger partial charge on any atom is -0.309 e. The molecule has 3 aromatic carbocycles. The predicted octanol–water partition coefficient (Wildman–Crippen LogP) is 5.81. The van der Waals surface area contributed by atoms with Crippen LogP contribution in [0, 0.1) is 0 Å². The van der Waals surface area contributed by atoms with Crippen LogP contribution in [0.1, 0.15) is 0 Å². The molecule has 0 fully saturated rings. The molecule has 110 valence electrons. The third-order valence-corrected chi connectivity index (χ3v) is 4.03. The summed E-state index contributed by atoms with van der Waals surface area (Å²) in [4.78, 5) is 0. The van der Waals surface area contributed by atoms with Crippen molar-refractivity contribution < 1.29 is 0 Å². The monoisotopic (exact) mass is 295 g/mol. The third-order valence-electron chi connectivity index (χ3n) is 4.03. The van der Waals surface area contributed by atoms with E-state index < -0.39 is 0 Å². The van der Waals surface area contributed by atoms with Crippen molar-refractivity contribution in [3.05, 3.63) is 103 Å². The lowest BCUT2D eigenvalue weighted by atomic mass is 10.1. The standard InChI is InChI=1S/C22H17N/c1-4-10-18(11-5-1)21-16-17-22(19-12-6-2-7-13-19)23(21)20-14-8-3-9-15-20/h1-17H. The summed E-state index contributed by atoms with van der Waals surface area (Å²) in [5.41, 5.74) is 6.03. The average Bonchev–Trinajstić information content (AvgIpc) is 3.09. The molecule has 0 atom stereocenters. The molecule has 0 unspecified atom stereocenters. The number of aromatic nitrogens is 1. The highest BCUT2D eigenvalue weighted by atomic mass is 15.0. The van der Waals surface area contributed by atoms with Gasteiger partial charge in [-0.1, -0.05) is 78.9 Å². The molecule has 0 spiro atoms. The van der Waals surface area contributed by atoms with Gasteiger partial charge in [0.25, 0.3) is 0 Å². The Bertz CT molecular complexity index is 834. The molecular weight excluding hydrogens is 278 g/mol. The fourth-order valence-corrected chi connectivity index (χ4v) is 2.96. The Morgan fingerprint density at radius 2 is 0.783 bits per heavy atom. The number of hydrogen-bond donors (Lipinski definition) is 0. The fraction of sp³-hybridized carbons (Fsp3) is 0. The molecule has 1 heterocycles. The van der Waals surface area contributed by atoms with Crippen LogP contribution in [-0.2, 0) is 0 Å². The SMILES string of the molecule is c1ccc(-c2ccc(-c3ccccc3)n2-c2ccccc2)cc1. The number of hydrogen-bond acceptors (Lipinski definition) is 0. The van der Waals surface area contributed by atoms with Gasteiger partial charge >= 0.3 is 0 Å². The molecule has 1 heteroatoms.